The highest BCUT2D eigenvalue weighted by Gasteiger charge is 2.18. The predicted octanol–water partition coefficient (Wildman–Crippen LogP) is 3.32. The van der Waals surface area contributed by atoms with Gasteiger partial charge in [0.25, 0.3) is 10.0 Å². The van der Waals surface area contributed by atoms with E-state index in [9.17, 15) is 18.8 Å². The van der Waals surface area contributed by atoms with E-state index in [0.29, 0.717) is 11.3 Å². The normalized spacial score (nSPS) is 11.8. The molecule has 0 saturated carbocycles. The lowest BCUT2D eigenvalue weighted by Gasteiger charge is -2.10. The Bertz CT molecular complexity index is 892. The van der Waals surface area contributed by atoms with E-state index < -0.39 is 14.9 Å². The van der Waals surface area contributed by atoms with Gasteiger partial charge < -0.3 is 5.11 Å². The van der Waals surface area contributed by atoms with Crippen molar-refractivity contribution >= 4 is 21.8 Å². The molecule has 0 aliphatic heterocycles. The van der Waals surface area contributed by atoms with E-state index >= 15 is 0 Å². The Labute approximate surface area is 135 Å². The molecule has 0 spiro atoms. The van der Waals surface area contributed by atoms with E-state index in [0.717, 1.165) is 11.1 Å². The zero-order valence-corrected chi connectivity index (χ0v) is 13.6. The van der Waals surface area contributed by atoms with Crippen LogP contribution in [0.2, 0.25) is 0 Å². The van der Waals surface area contributed by atoms with Crippen molar-refractivity contribution in [1.82, 2.24) is 0 Å². The minimum absolute atomic E-state index is 0.0666. The van der Waals surface area contributed by atoms with E-state index in [4.69, 9.17) is 0 Å². The second-order valence-electron chi connectivity index (χ2n) is 5.14. The summed E-state index contributed by atoms with van der Waals surface area (Å²) < 4.78 is 27.2. The van der Waals surface area contributed by atoms with Crippen LogP contribution in [0.25, 0.3) is 6.08 Å². The maximum Gasteiger partial charge on any atom is 0.272 e. The van der Waals surface area contributed by atoms with Crippen LogP contribution >= 0.6 is 0 Å². The fraction of sp³-hybridized carbons (Fsp3) is 0.118. The van der Waals surface area contributed by atoms with Crippen molar-refractivity contribution in [2.45, 2.75) is 13.8 Å². The van der Waals surface area contributed by atoms with Gasteiger partial charge in [0.15, 0.2) is 4.91 Å². The number of nitriles is 1. The lowest BCUT2D eigenvalue weighted by atomic mass is 10.1. The summed E-state index contributed by atoms with van der Waals surface area (Å²) in [4.78, 5) is -0.400. The fourth-order valence-corrected chi connectivity index (χ4v) is 3.06. The third-order valence-electron chi connectivity index (χ3n) is 3.22. The third-order valence-corrected chi connectivity index (χ3v) is 4.49. The van der Waals surface area contributed by atoms with Gasteiger partial charge in [-0.15, -0.1) is 0 Å². The van der Waals surface area contributed by atoms with Crippen molar-refractivity contribution in [1.29, 1.82) is 5.26 Å². The zero-order chi connectivity index (χ0) is 17.0. The Kier molecular flexibility index (Phi) is 4.72. The van der Waals surface area contributed by atoms with Crippen molar-refractivity contribution < 1.29 is 13.5 Å². The molecule has 0 amide bonds. The number of phenolic OH excluding ortho intramolecular Hbond substituents is 1. The lowest BCUT2D eigenvalue weighted by molar-refractivity contribution is 0.475. The number of anilines is 1. The molecule has 0 radical (unpaired) electrons. The van der Waals surface area contributed by atoms with Crippen molar-refractivity contribution in [3.05, 3.63) is 64.1 Å². The van der Waals surface area contributed by atoms with E-state index in [2.05, 4.69) is 4.72 Å². The highest BCUT2D eigenvalue weighted by molar-refractivity contribution is 7.97. The molecule has 6 heteroatoms. The first-order chi connectivity index (χ1) is 10.8. The summed E-state index contributed by atoms with van der Waals surface area (Å²) in [6, 6.07) is 12.9. The molecule has 0 unspecified atom stereocenters. The SMILES string of the molecule is Cc1ccc(NS(=O)(=O)C(C#N)=Cc2ccc(O)cc2)c(C)c1. The monoisotopic (exact) mass is 328 g/mol. The average molecular weight is 328 g/mol. The summed E-state index contributed by atoms with van der Waals surface area (Å²) in [6.45, 7) is 3.71. The summed E-state index contributed by atoms with van der Waals surface area (Å²) >= 11 is 0. The molecular weight excluding hydrogens is 312 g/mol. The number of phenols is 1. The number of hydrogen-bond donors (Lipinski definition) is 2. The molecule has 118 valence electrons. The first-order valence-corrected chi connectivity index (χ1v) is 8.31. The largest absolute Gasteiger partial charge is 0.508 e. The molecule has 0 heterocycles. The molecule has 2 aromatic rings. The van der Waals surface area contributed by atoms with Gasteiger partial charge in [0, 0.05) is 0 Å². The summed E-state index contributed by atoms with van der Waals surface area (Å²) in [6.07, 6.45) is 1.26. The van der Waals surface area contributed by atoms with Gasteiger partial charge in [-0.25, -0.2) is 8.42 Å². The molecule has 5 nitrogen and oxygen atoms in total. The van der Waals surface area contributed by atoms with Crippen LogP contribution in [-0.2, 0) is 10.0 Å². The number of rotatable bonds is 4. The second kappa shape index (κ2) is 6.55. The average Bonchev–Trinajstić information content (AvgIpc) is 2.49. The number of aromatic hydroxyl groups is 1. The number of allylic oxidation sites excluding steroid dienone is 1. The number of hydrogen-bond acceptors (Lipinski definition) is 4. The molecule has 0 fully saturated rings. The van der Waals surface area contributed by atoms with E-state index in [1.807, 2.05) is 13.0 Å². The fourth-order valence-electron chi connectivity index (χ4n) is 2.02. The molecule has 0 atom stereocenters. The molecule has 0 bridgehead atoms. The Morgan fingerprint density at radius 1 is 1.17 bits per heavy atom. The Balaban J connectivity index is 2.36. The number of benzene rings is 2. The second-order valence-corrected chi connectivity index (χ2v) is 6.79. The Hall–Kier alpha value is -2.78. The van der Waals surface area contributed by atoms with E-state index in [1.165, 1.54) is 30.3 Å². The smallest absolute Gasteiger partial charge is 0.272 e. The molecule has 2 rings (SSSR count). The van der Waals surface area contributed by atoms with Gasteiger partial charge in [0.05, 0.1) is 5.69 Å². The minimum Gasteiger partial charge on any atom is -0.508 e. The summed E-state index contributed by atoms with van der Waals surface area (Å²) in [5.41, 5.74) is 2.73. The first-order valence-electron chi connectivity index (χ1n) is 6.83. The standard InChI is InChI=1S/C17H16N2O3S/c1-12-3-8-17(13(2)9-12)19-23(21,22)16(11-18)10-14-4-6-15(20)7-5-14/h3-10,19-20H,1-2H3. The molecule has 2 N–H and O–H groups in total. The topological polar surface area (TPSA) is 90.2 Å². The van der Waals surface area contributed by atoms with Crippen LogP contribution < -0.4 is 4.72 Å². The number of sulfonamides is 1. The van der Waals surface area contributed by atoms with Crippen molar-refractivity contribution in [2.75, 3.05) is 4.72 Å². The first kappa shape index (κ1) is 16.6. The van der Waals surface area contributed by atoms with Crippen LogP contribution in [0.5, 0.6) is 5.75 Å². The number of nitrogens with zero attached hydrogens (tertiary/aromatic N) is 1. The van der Waals surface area contributed by atoms with Crippen LogP contribution in [0.3, 0.4) is 0 Å². The van der Waals surface area contributed by atoms with Crippen LogP contribution in [0.1, 0.15) is 16.7 Å². The molecule has 0 aromatic heterocycles. The van der Waals surface area contributed by atoms with Crippen LogP contribution in [0, 0.1) is 25.2 Å². The van der Waals surface area contributed by atoms with Crippen molar-refractivity contribution in [3.8, 4) is 11.8 Å². The molecular formula is C17H16N2O3S. The predicted molar refractivity (Wildman–Crippen MR) is 90.2 cm³/mol. The lowest BCUT2D eigenvalue weighted by Crippen LogP contribution is -2.15. The van der Waals surface area contributed by atoms with Gasteiger partial charge in [0.1, 0.15) is 11.8 Å². The zero-order valence-electron chi connectivity index (χ0n) is 12.7. The van der Waals surface area contributed by atoms with Gasteiger partial charge in [-0.3, -0.25) is 4.72 Å². The molecule has 0 aliphatic rings. The molecule has 2 aromatic carbocycles. The highest BCUT2D eigenvalue weighted by Crippen LogP contribution is 2.21. The minimum atomic E-state index is -3.98. The molecule has 0 saturated heterocycles. The molecule has 23 heavy (non-hydrogen) atoms. The number of aryl methyl sites for hydroxylation is 2. The molecule has 0 aliphatic carbocycles. The van der Waals surface area contributed by atoms with Crippen LogP contribution in [0.15, 0.2) is 47.4 Å². The van der Waals surface area contributed by atoms with Gasteiger partial charge in [0.2, 0.25) is 0 Å². The van der Waals surface area contributed by atoms with E-state index in [-0.39, 0.29) is 5.75 Å². The van der Waals surface area contributed by atoms with Gasteiger partial charge in [-0.2, -0.15) is 5.26 Å². The summed E-state index contributed by atoms with van der Waals surface area (Å²) in [7, 11) is -3.98. The van der Waals surface area contributed by atoms with Gasteiger partial charge in [-0.05, 0) is 49.2 Å². The quantitative estimate of drug-likeness (QED) is 0.842. The Morgan fingerprint density at radius 2 is 1.83 bits per heavy atom. The third kappa shape index (κ3) is 4.11. The maximum atomic E-state index is 12.4. The Morgan fingerprint density at radius 3 is 2.39 bits per heavy atom. The summed E-state index contributed by atoms with van der Waals surface area (Å²) in [5, 5.41) is 18.4. The van der Waals surface area contributed by atoms with Gasteiger partial charge in [-0.1, -0.05) is 29.8 Å². The van der Waals surface area contributed by atoms with Crippen molar-refractivity contribution in [2.24, 2.45) is 0 Å². The highest BCUT2D eigenvalue weighted by atomic mass is 32.2. The van der Waals surface area contributed by atoms with Crippen LogP contribution in [0.4, 0.5) is 5.69 Å². The summed E-state index contributed by atoms with van der Waals surface area (Å²) in [5.74, 6) is 0.0666. The van der Waals surface area contributed by atoms with Crippen molar-refractivity contribution in [3.63, 3.8) is 0 Å². The van der Waals surface area contributed by atoms with Gasteiger partial charge >= 0.3 is 0 Å². The maximum absolute atomic E-state index is 12.4. The van der Waals surface area contributed by atoms with Crippen LogP contribution in [-0.4, -0.2) is 13.5 Å². The van der Waals surface area contributed by atoms with E-state index in [1.54, 1.807) is 25.1 Å². The number of nitrogens with one attached hydrogen (secondary N) is 1.